The summed E-state index contributed by atoms with van der Waals surface area (Å²) in [6.07, 6.45) is 0.0101. The van der Waals surface area contributed by atoms with Gasteiger partial charge in [-0.2, -0.15) is 5.10 Å². The highest BCUT2D eigenvalue weighted by Gasteiger charge is 2.07. The van der Waals surface area contributed by atoms with Crippen LogP contribution in [0.2, 0.25) is 0 Å². The molecule has 0 spiro atoms. The maximum Gasteiger partial charge on any atom is 0.271 e. The van der Waals surface area contributed by atoms with E-state index in [1.165, 1.54) is 24.3 Å². The zero-order valence-electron chi connectivity index (χ0n) is 12.8. The van der Waals surface area contributed by atoms with Gasteiger partial charge in [0.25, 0.3) is 5.91 Å². The molecule has 2 aromatic rings. The molecule has 0 aliphatic rings. The second kappa shape index (κ2) is 8.35. The van der Waals surface area contributed by atoms with E-state index in [-0.39, 0.29) is 24.1 Å². The third-order valence-corrected chi connectivity index (χ3v) is 3.47. The Kier molecular flexibility index (Phi) is 6.20. The summed E-state index contributed by atoms with van der Waals surface area (Å²) in [6, 6.07) is 12.3. The van der Waals surface area contributed by atoms with Crippen molar-refractivity contribution in [2.75, 3.05) is 5.32 Å². The lowest BCUT2D eigenvalue weighted by molar-refractivity contribution is -0.115. The Morgan fingerprint density at radius 3 is 2.54 bits per heavy atom. The van der Waals surface area contributed by atoms with Gasteiger partial charge >= 0.3 is 0 Å². The number of hydrazone groups is 1. The lowest BCUT2D eigenvalue weighted by Gasteiger charge is -2.05. The van der Waals surface area contributed by atoms with E-state index >= 15 is 0 Å². The summed E-state index contributed by atoms with van der Waals surface area (Å²) < 4.78 is 13.6. The molecule has 124 valence electrons. The molecule has 7 heteroatoms. The summed E-state index contributed by atoms with van der Waals surface area (Å²) in [5.74, 6) is -1.05. The lowest BCUT2D eigenvalue weighted by atomic mass is 10.2. The number of hydrogen-bond acceptors (Lipinski definition) is 3. The number of rotatable bonds is 5. The van der Waals surface area contributed by atoms with Crippen molar-refractivity contribution in [2.45, 2.75) is 13.3 Å². The minimum atomic E-state index is -0.374. The summed E-state index contributed by atoms with van der Waals surface area (Å²) in [5, 5.41) is 6.53. The van der Waals surface area contributed by atoms with E-state index < -0.39 is 0 Å². The Hall–Kier alpha value is -2.54. The van der Waals surface area contributed by atoms with Crippen molar-refractivity contribution in [1.82, 2.24) is 5.43 Å². The second-order valence-corrected chi connectivity index (χ2v) is 5.95. The average molecular weight is 392 g/mol. The van der Waals surface area contributed by atoms with E-state index in [9.17, 15) is 14.0 Å². The van der Waals surface area contributed by atoms with Crippen LogP contribution in [0.5, 0.6) is 0 Å². The largest absolute Gasteiger partial charge is 0.326 e. The molecule has 0 saturated heterocycles. The van der Waals surface area contributed by atoms with E-state index in [1.54, 1.807) is 25.1 Å². The molecule has 0 radical (unpaired) electrons. The maximum atomic E-state index is 12.8. The Morgan fingerprint density at radius 2 is 1.88 bits per heavy atom. The molecular weight excluding hydrogens is 377 g/mol. The molecule has 0 unspecified atom stereocenters. The molecule has 0 fully saturated rings. The van der Waals surface area contributed by atoms with Crippen molar-refractivity contribution in [3.63, 3.8) is 0 Å². The summed E-state index contributed by atoms with van der Waals surface area (Å²) >= 11 is 3.29. The molecule has 5 nitrogen and oxygen atoms in total. The number of benzene rings is 2. The lowest BCUT2D eigenvalue weighted by Crippen LogP contribution is -2.21. The van der Waals surface area contributed by atoms with Crippen molar-refractivity contribution in [3.05, 3.63) is 64.4 Å². The number of nitrogens with zero attached hydrogens (tertiary/aromatic N) is 1. The van der Waals surface area contributed by atoms with Gasteiger partial charge in [-0.05, 0) is 49.4 Å². The Morgan fingerprint density at radius 1 is 1.17 bits per heavy atom. The first-order valence-electron chi connectivity index (χ1n) is 7.08. The fourth-order valence-corrected chi connectivity index (χ4v) is 2.25. The number of nitrogens with one attached hydrogen (secondary N) is 2. The maximum absolute atomic E-state index is 12.8. The Balaban J connectivity index is 1.87. The van der Waals surface area contributed by atoms with Crippen LogP contribution in [-0.2, 0) is 4.79 Å². The standard InChI is InChI=1S/C17H15BrFN3O2/c1-11(9-16(23)20-15-7-5-14(19)6-8-15)21-22-17(24)12-3-2-4-13(18)10-12/h2-8,10H,9H2,1H3,(H,20,23)(H,22,24). The van der Waals surface area contributed by atoms with Gasteiger partial charge in [-0.1, -0.05) is 22.0 Å². The van der Waals surface area contributed by atoms with E-state index in [4.69, 9.17) is 0 Å². The van der Waals surface area contributed by atoms with E-state index in [0.717, 1.165) is 4.47 Å². The van der Waals surface area contributed by atoms with Crippen molar-refractivity contribution in [1.29, 1.82) is 0 Å². The summed E-state index contributed by atoms with van der Waals surface area (Å²) in [6.45, 7) is 1.63. The van der Waals surface area contributed by atoms with Gasteiger partial charge in [0.2, 0.25) is 5.91 Å². The number of carbonyl (C=O) groups is 2. The predicted molar refractivity (Wildman–Crippen MR) is 94.4 cm³/mol. The van der Waals surface area contributed by atoms with E-state index in [0.29, 0.717) is 17.0 Å². The van der Waals surface area contributed by atoms with Crippen LogP contribution in [0.3, 0.4) is 0 Å². The zero-order chi connectivity index (χ0) is 17.5. The summed E-state index contributed by atoms with van der Waals surface area (Å²) in [4.78, 5) is 23.8. The number of amides is 2. The molecule has 0 aliphatic carbocycles. The van der Waals surface area contributed by atoms with Crippen LogP contribution in [0.4, 0.5) is 10.1 Å². The molecular formula is C17H15BrFN3O2. The zero-order valence-corrected chi connectivity index (χ0v) is 14.4. The van der Waals surface area contributed by atoms with Crippen LogP contribution < -0.4 is 10.7 Å². The minimum absolute atomic E-state index is 0.0101. The molecule has 0 atom stereocenters. The molecule has 24 heavy (non-hydrogen) atoms. The number of carbonyl (C=O) groups excluding carboxylic acids is 2. The SMILES string of the molecule is CC(CC(=O)Nc1ccc(F)cc1)=NNC(=O)c1cccc(Br)c1. The van der Waals surface area contributed by atoms with Gasteiger partial charge in [0.05, 0.1) is 6.42 Å². The molecule has 0 saturated carbocycles. The molecule has 2 rings (SSSR count). The van der Waals surface area contributed by atoms with Gasteiger partial charge in [-0.25, -0.2) is 9.82 Å². The first-order valence-corrected chi connectivity index (χ1v) is 7.88. The van der Waals surface area contributed by atoms with Crippen molar-refractivity contribution < 1.29 is 14.0 Å². The van der Waals surface area contributed by atoms with Gasteiger partial charge in [-0.15, -0.1) is 0 Å². The quantitative estimate of drug-likeness (QED) is 0.602. The van der Waals surface area contributed by atoms with Crippen molar-refractivity contribution >= 4 is 39.1 Å². The van der Waals surface area contributed by atoms with Gasteiger partial charge in [0, 0.05) is 21.4 Å². The Labute approximate surface area is 147 Å². The highest BCUT2D eigenvalue weighted by Crippen LogP contribution is 2.11. The van der Waals surface area contributed by atoms with Gasteiger partial charge < -0.3 is 5.32 Å². The second-order valence-electron chi connectivity index (χ2n) is 5.03. The summed E-state index contributed by atoms with van der Waals surface area (Å²) in [5.41, 5.74) is 3.79. The third-order valence-electron chi connectivity index (χ3n) is 2.98. The molecule has 2 N–H and O–H groups in total. The fourth-order valence-electron chi connectivity index (χ4n) is 1.85. The van der Waals surface area contributed by atoms with Gasteiger partial charge in [-0.3, -0.25) is 9.59 Å². The Bertz CT molecular complexity index is 776. The highest BCUT2D eigenvalue weighted by atomic mass is 79.9. The molecule has 0 bridgehead atoms. The molecule has 0 heterocycles. The first-order chi connectivity index (χ1) is 11.4. The molecule has 0 aliphatic heterocycles. The number of hydrogen-bond donors (Lipinski definition) is 2. The third kappa shape index (κ3) is 5.58. The monoisotopic (exact) mass is 391 g/mol. The molecule has 2 aromatic carbocycles. The normalized spacial score (nSPS) is 11.0. The number of anilines is 1. The minimum Gasteiger partial charge on any atom is -0.326 e. The smallest absolute Gasteiger partial charge is 0.271 e. The van der Waals surface area contributed by atoms with Crippen molar-refractivity contribution in [3.8, 4) is 0 Å². The van der Waals surface area contributed by atoms with Crippen LogP contribution in [-0.4, -0.2) is 17.5 Å². The predicted octanol–water partition coefficient (Wildman–Crippen LogP) is 3.72. The van der Waals surface area contributed by atoms with Crippen LogP contribution >= 0.6 is 15.9 Å². The molecule has 0 aromatic heterocycles. The first kappa shape index (κ1) is 17.8. The van der Waals surface area contributed by atoms with Crippen LogP contribution in [0.1, 0.15) is 23.7 Å². The summed E-state index contributed by atoms with van der Waals surface area (Å²) in [7, 11) is 0. The molecule has 2 amide bonds. The van der Waals surface area contributed by atoms with Crippen molar-refractivity contribution in [2.24, 2.45) is 5.10 Å². The topological polar surface area (TPSA) is 70.6 Å². The number of halogens is 2. The van der Waals surface area contributed by atoms with Gasteiger partial charge in [0.1, 0.15) is 5.82 Å². The highest BCUT2D eigenvalue weighted by molar-refractivity contribution is 9.10. The van der Waals surface area contributed by atoms with Crippen LogP contribution in [0.15, 0.2) is 58.1 Å². The van der Waals surface area contributed by atoms with Gasteiger partial charge in [0.15, 0.2) is 0 Å². The average Bonchev–Trinajstić information content (AvgIpc) is 2.54. The fraction of sp³-hybridized carbons (Fsp3) is 0.118. The van der Waals surface area contributed by atoms with E-state index in [1.807, 2.05) is 6.07 Å². The van der Waals surface area contributed by atoms with E-state index in [2.05, 4.69) is 31.8 Å². The van der Waals surface area contributed by atoms with Crippen LogP contribution in [0.25, 0.3) is 0 Å². The van der Waals surface area contributed by atoms with Crippen LogP contribution in [0, 0.1) is 5.82 Å².